The number of fused-ring (bicyclic) bond motifs is 1. The van der Waals surface area contributed by atoms with Crippen LogP contribution in [0.25, 0.3) is 0 Å². The van der Waals surface area contributed by atoms with E-state index >= 15 is 0 Å². The Balaban J connectivity index is 1.53. The minimum absolute atomic E-state index is 0.173. The van der Waals surface area contributed by atoms with E-state index in [1.165, 1.54) is 36.3 Å². The third-order valence-corrected chi connectivity index (χ3v) is 4.58. The molecule has 1 aromatic heterocycles. The summed E-state index contributed by atoms with van der Waals surface area (Å²) in [4.78, 5) is 3.00. The Labute approximate surface area is 111 Å². The van der Waals surface area contributed by atoms with Crippen LogP contribution < -0.4 is 5.32 Å². The van der Waals surface area contributed by atoms with Gasteiger partial charge in [0.15, 0.2) is 0 Å². The van der Waals surface area contributed by atoms with Crippen molar-refractivity contribution in [3.63, 3.8) is 0 Å². The number of hydrogen-bond acceptors (Lipinski definition) is 2. The summed E-state index contributed by atoms with van der Waals surface area (Å²) < 4.78 is 12.7. The third kappa shape index (κ3) is 2.62. The van der Waals surface area contributed by atoms with Crippen molar-refractivity contribution in [3.8, 4) is 0 Å². The van der Waals surface area contributed by atoms with Gasteiger partial charge in [0.05, 0.1) is 0 Å². The maximum absolute atomic E-state index is 12.7. The molecular weight excluding hydrogens is 245 g/mol. The second-order valence-corrected chi connectivity index (χ2v) is 5.97. The standard InChI is InChI=1S/C15H16FNS/c16-13-6-4-11(5-7-13)9-17-10-14-8-12-2-1-3-15(12)18-14/h4-8,17H,1-3,9-10H2. The van der Waals surface area contributed by atoms with E-state index in [4.69, 9.17) is 0 Å². The van der Waals surface area contributed by atoms with E-state index < -0.39 is 0 Å². The van der Waals surface area contributed by atoms with Gasteiger partial charge in [-0.1, -0.05) is 12.1 Å². The van der Waals surface area contributed by atoms with Crippen molar-refractivity contribution in [2.75, 3.05) is 0 Å². The van der Waals surface area contributed by atoms with E-state index in [0.29, 0.717) is 0 Å². The molecule has 0 unspecified atom stereocenters. The third-order valence-electron chi connectivity index (χ3n) is 3.34. The monoisotopic (exact) mass is 261 g/mol. The average molecular weight is 261 g/mol. The van der Waals surface area contributed by atoms with Gasteiger partial charge >= 0.3 is 0 Å². The van der Waals surface area contributed by atoms with Gasteiger partial charge in [-0.15, -0.1) is 11.3 Å². The lowest BCUT2D eigenvalue weighted by Gasteiger charge is -2.03. The van der Waals surface area contributed by atoms with E-state index in [1.54, 1.807) is 10.4 Å². The summed E-state index contributed by atoms with van der Waals surface area (Å²) in [7, 11) is 0. The molecule has 3 rings (SSSR count). The molecule has 0 saturated carbocycles. The molecule has 1 nitrogen and oxygen atoms in total. The van der Waals surface area contributed by atoms with Gasteiger partial charge in [0, 0.05) is 22.8 Å². The topological polar surface area (TPSA) is 12.0 Å². The molecular formula is C15H16FNS. The average Bonchev–Trinajstić information content (AvgIpc) is 2.92. The summed E-state index contributed by atoms with van der Waals surface area (Å²) in [6.45, 7) is 1.71. The van der Waals surface area contributed by atoms with Crippen LogP contribution in [0.4, 0.5) is 4.39 Å². The van der Waals surface area contributed by atoms with Crippen LogP contribution in [-0.2, 0) is 25.9 Å². The van der Waals surface area contributed by atoms with Gasteiger partial charge < -0.3 is 5.32 Å². The van der Waals surface area contributed by atoms with Crippen molar-refractivity contribution in [1.29, 1.82) is 0 Å². The summed E-state index contributed by atoms with van der Waals surface area (Å²) in [5.74, 6) is -0.173. The Morgan fingerprint density at radius 2 is 1.94 bits per heavy atom. The highest BCUT2D eigenvalue weighted by Gasteiger charge is 2.14. The zero-order valence-corrected chi connectivity index (χ0v) is 11.0. The first-order chi connectivity index (χ1) is 8.81. The van der Waals surface area contributed by atoms with Crippen LogP contribution in [-0.4, -0.2) is 0 Å². The molecule has 18 heavy (non-hydrogen) atoms. The maximum atomic E-state index is 12.7. The predicted molar refractivity (Wildman–Crippen MR) is 73.3 cm³/mol. The zero-order valence-electron chi connectivity index (χ0n) is 10.2. The van der Waals surface area contributed by atoms with Crippen LogP contribution in [0.5, 0.6) is 0 Å². The van der Waals surface area contributed by atoms with Gasteiger partial charge in [-0.25, -0.2) is 4.39 Å². The lowest BCUT2D eigenvalue weighted by Crippen LogP contribution is -2.11. The Morgan fingerprint density at radius 1 is 1.11 bits per heavy atom. The minimum atomic E-state index is -0.173. The normalized spacial score (nSPS) is 13.8. The molecule has 0 spiro atoms. The lowest BCUT2D eigenvalue weighted by atomic mass is 10.2. The minimum Gasteiger partial charge on any atom is -0.308 e. The Bertz CT molecular complexity index is 508. The maximum Gasteiger partial charge on any atom is 0.123 e. The van der Waals surface area contributed by atoms with Gasteiger partial charge in [-0.05, 0) is 48.6 Å². The van der Waals surface area contributed by atoms with Crippen LogP contribution in [0, 0.1) is 5.82 Å². The number of nitrogens with one attached hydrogen (secondary N) is 1. The number of hydrogen-bond donors (Lipinski definition) is 1. The number of rotatable bonds is 4. The molecule has 0 amide bonds. The smallest absolute Gasteiger partial charge is 0.123 e. The number of benzene rings is 1. The highest BCUT2D eigenvalue weighted by atomic mass is 32.1. The molecule has 94 valence electrons. The molecule has 0 bridgehead atoms. The Hall–Kier alpha value is -1.19. The number of halogens is 1. The van der Waals surface area contributed by atoms with Gasteiger partial charge in [0.25, 0.3) is 0 Å². The molecule has 1 N–H and O–H groups in total. The Kier molecular flexibility index (Phi) is 3.43. The largest absolute Gasteiger partial charge is 0.308 e. The summed E-state index contributed by atoms with van der Waals surface area (Å²) in [6, 6.07) is 9.02. The van der Waals surface area contributed by atoms with Gasteiger partial charge in [-0.3, -0.25) is 0 Å². The van der Waals surface area contributed by atoms with Crippen LogP contribution in [0.2, 0.25) is 0 Å². The van der Waals surface area contributed by atoms with Crippen LogP contribution >= 0.6 is 11.3 Å². The Morgan fingerprint density at radius 3 is 2.72 bits per heavy atom. The van der Waals surface area contributed by atoms with Crippen molar-refractivity contribution < 1.29 is 4.39 Å². The number of aryl methyl sites for hydroxylation is 2. The van der Waals surface area contributed by atoms with Crippen LogP contribution in [0.1, 0.15) is 27.3 Å². The van der Waals surface area contributed by atoms with E-state index in [9.17, 15) is 4.39 Å². The second kappa shape index (κ2) is 5.21. The SMILES string of the molecule is Fc1ccc(CNCc2cc3c(s2)CCC3)cc1. The molecule has 1 aliphatic carbocycles. The van der Waals surface area contributed by atoms with Crippen molar-refractivity contribution in [2.24, 2.45) is 0 Å². The lowest BCUT2D eigenvalue weighted by molar-refractivity contribution is 0.625. The van der Waals surface area contributed by atoms with Crippen LogP contribution in [0.15, 0.2) is 30.3 Å². The molecule has 0 saturated heterocycles. The highest BCUT2D eigenvalue weighted by molar-refractivity contribution is 7.12. The van der Waals surface area contributed by atoms with Crippen molar-refractivity contribution in [3.05, 3.63) is 57.0 Å². The predicted octanol–water partition coefficient (Wildman–Crippen LogP) is 3.67. The molecule has 1 aliphatic rings. The van der Waals surface area contributed by atoms with E-state index in [2.05, 4.69) is 11.4 Å². The molecule has 0 fully saturated rings. The zero-order chi connectivity index (χ0) is 12.4. The van der Waals surface area contributed by atoms with E-state index in [1.807, 2.05) is 23.5 Å². The molecule has 0 atom stereocenters. The van der Waals surface area contributed by atoms with Crippen LogP contribution in [0.3, 0.4) is 0 Å². The van der Waals surface area contributed by atoms with Crippen molar-refractivity contribution in [2.45, 2.75) is 32.4 Å². The molecule has 0 aliphatic heterocycles. The summed E-state index contributed by atoms with van der Waals surface area (Å²) >= 11 is 1.94. The first-order valence-electron chi connectivity index (χ1n) is 6.37. The fourth-order valence-corrected chi connectivity index (χ4v) is 3.64. The number of thiophene rings is 1. The summed E-state index contributed by atoms with van der Waals surface area (Å²) in [5.41, 5.74) is 2.68. The van der Waals surface area contributed by atoms with E-state index in [0.717, 1.165) is 18.7 Å². The molecule has 1 aromatic carbocycles. The second-order valence-electron chi connectivity index (χ2n) is 4.74. The van der Waals surface area contributed by atoms with Gasteiger partial charge in [0.1, 0.15) is 5.82 Å². The molecule has 2 aromatic rings. The van der Waals surface area contributed by atoms with Gasteiger partial charge in [0.2, 0.25) is 0 Å². The summed E-state index contributed by atoms with van der Waals surface area (Å²) in [5, 5.41) is 3.41. The first-order valence-corrected chi connectivity index (χ1v) is 7.18. The quantitative estimate of drug-likeness (QED) is 0.885. The first kappa shape index (κ1) is 11.9. The summed E-state index contributed by atoms with van der Waals surface area (Å²) in [6.07, 6.45) is 3.84. The van der Waals surface area contributed by atoms with Crippen molar-refractivity contribution >= 4 is 11.3 Å². The highest BCUT2D eigenvalue weighted by Crippen LogP contribution is 2.30. The fraction of sp³-hybridized carbons (Fsp3) is 0.333. The molecule has 3 heteroatoms. The molecule has 1 heterocycles. The molecule has 0 radical (unpaired) electrons. The van der Waals surface area contributed by atoms with Gasteiger partial charge in [-0.2, -0.15) is 0 Å². The van der Waals surface area contributed by atoms with Crippen molar-refractivity contribution in [1.82, 2.24) is 5.32 Å². The van der Waals surface area contributed by atoms with E-state index in [-0.39, 0.29) is 5.82 Å². The fourth-order valence-electron chi connectivity index (χ4n) is 2.41.